The van der Waals surface area contributed by atoms with Crippen molar-refractivity contribution in [1.29, 1.82) is 0 Å². The molecule has 0 unspecified atom stereocenters. The van der Waals surface area contributed by atoms with Gasteiger partial charge in [0.05, 0.1) is 0 Å². The lowest BCUT2D eigenvalue weighted by atomic mass is 9.82. The van der Waals surface area contributed by atoms with Crippen molar-refractivity contribution in [3.8, 4) is 0 Å². The zero-order chi connectivity index (χ0) is 14.2. The van der Waals surface area contributed by atoms with E-state index in [1.54, 1.807) is 0 Å². The Morgan fingerprint density at radius 1 is 1.10 bits per heavy atom. The maximum absolute atomic E-state index is 12.6. The second-order valence-corrected chi connectivity index (χ2v) is 5.83. The Morgan fingerprint density at radius 2 is 1.85 bits per heavy atom. The molecule has 2 atom stereocenters. The molecule has 1 aromatic rings. The van der Waals surface area contributed by atoms with Gasteiger partial charge in [-0.25, -0.2) is 0 Å². The minimum absolute atomic E-state index is 0.224. The summed E-state index contributed by atoms with van der Waals surface area (Å²) in [4.78, 5) is 0. The van der Waals surface area contributed by atoms with Crippen molar-refractivity contribution in [1.82, 2.24) is 10.2 Å². The van der Waals surface area contributed by atoms with Gasteiger partial charge in [-0.2, -0.15) is 13.2 Å². The maximum Gasteiger partial charge on any atom is 0.389 e. The van der Waals surface area contributed by atoms with Crippen molar-refractivity contribution in [3.63, 3.8) is 0 Å². The third-order valence-electron chi connectivity index (χ3n) is 4.08. The third kappa shape index (κ3) is 3.43. The van der Waals surface area contributed by atoms with E-state index >= 15 is 0 Å². The molecule has 20 heavy (non-hydrogen) atoms. The minimum Gasteiger partial charge on any atom is -0.408 e. The Kier molecular flexibility index (Phi) is 3.60. The van der Waals surface area contributed by atoms with E-state index in [2.05, 4.69) is 15.5 Å². The SMILES string of the molecule is FC(F)(F)C[C@@H]1CCCC[C@@H]1Nc1nnc(C2CC2)o1. The molecule has 2 aliphatic rings. The highest BCUT2D eigenvalue weighted by Gasteiger charge is 2.37. The molecule has 2 fully saturated rings. The van der Waals surface area contributed by atoms with E-state index < -0.39 is 18.5 Å². The highest BCUT2D eigenvalue weighted by Crippen LogP contribution is 2.40. The molecule has 0 bridgehead atoms. The Balaban J connectivity index is 1.63. The average molecular weight is 289 g/mol. The molecular weight excluding hydrogens is 271 g/mol. The van der Waals surface area contributed by atoms with Crippen LogP contribution in [0.4, 0.5) is 19.2 Å². The molecular formula is C13H18F3N3O. The summed E-state index contributed by atoms with van der Waals surface area (Å²) in [6.45, 7) is 0. The van der Waals surface area contributed by atoms with E-state index in [0.29, 0.717) is 18.2 Å². The molecule has 1 heterocycles. The van der Waals surface area contributed by atoms with Crippen molar-refractivity contribution in [2.45, 2.75) is 63.1 Å². The van der Waals surface area contributed by atoms with E-state index in [9.17, 15) is 13.2 Å². The van der Waals surface area contributed by atoms with Gasteiger partial charge < -0.3 is 9.73 Å². The summed E-state index contributed by atoms with van der Waals surface area (Å²) in [5.41, 5.74) is 0. The van der Waals surface area contributed by atoms with Crippen LogP contribution in [-0.2, 0) is 0 Å². The van der Waals surface area contributed by atoms with Crippen LogP contribution in [0.3, 0.4) is 0 Å². The van der Waals surface area contributed by atoms with Gasteiger partial charge in [-0.05, 0) is 31.6 Å². The lowest BCUT2D eigenvalue weighted by Crippen LogP contribution is -2.35. The van der Waals surface area contributed by atoms with E-state index in [0.717, 1.165) is 32.1 Å². The maximum atomic E-state index is 12.6. The monoisotopic (exact) mass is 289 g/mol. The van der Waals surface area contributed by atoms with Crippen molar-refractivity contribution < 1.29 is 17.6 Å². The number of nitrogens with zero attached hydrogens (tertiary/aromatic N) is 2. The lowest BCUT2D eigenvalue weighted by molar-refractivity contribution is -0.147. The second-order valence-electron chi connectivity index (χ2n) is 5.83. The van der Waals surface area contributed by atoms with Crippen LogP contribution in [0.5, 0.6) is 0 Å². The summed E-state index contributed by atoms with van der Waals surface area (Å²) in [7, 11) is 0. The molecule has 0 aromatic carbocycles. The van der Waals surface area contributed by atoms with Gasteiger partial charge in [0.15, 0.2) is 0 Å². The van der Waals surface area contributed by atoms with Crippen molar-refractivity contribution in [2.75, 3.05) is 5.32 Å². The van der Waals surface area contributed by atoms with E-state index in [1.807, 2.05) is 0 Å². The van der Waals surface area contributed by atoms with Gasteiger partial charge in [-0.1, -0.05) is 17.9 Å². The Labute approximate surface area is 115 Å². The normalized spacial score (nSPS) is 27.6. The first-order chi connectivity index (χ1) is 9.51. The zero-order valence-corrected chi connectivity index (χ0v) is 11.1. The van der Waals surface area contributed by atoms with Crippen molar-refractivity contribution in [3.05, 3.63) is 5.89 Å². The highest BCUT2D eigenvalue weighted by atomic mass is 19.4. The number of hydrogen-bond donors (Lipinski definition) is 1. The summed E-state index contributed by atoms with van der Waals surface area (Å²) in [5, 5.41) is 10.9. The molecule has 0 spiro atoms. The molecule has 112 valence electrons. The molecule has 4 nitrogen and oxygen atoms in total. The van der Waals surface area contributed by atoms with Gasteiger partial charge in [0.25, 0.3) is 0 Å². The molecule has 0 amide bonds. The highest BCUT2D eigenvalue weighted by molar-refractivity contribution is 5.22. The number of aromatic nitrogens is 2. The number of alkyl halides is 3. The number of anilines is 1. The summed E-state index contributed by atoms with van der Waals surface area (Å²) in [5.74, 6) is 0.561. The fourth-order valence-electron chi connectivity index (χ4n) is 2.89. The fourth-order valence-corrected chi connectivity index (χ4v) is 2.89. The van der Waals surface area contributed by atoms with Gasteiger partial charge >= 0.3 is 12.2 Å². The van der Waals surface area contributed by atoms with Crippen LogP contribution >= 0.6 is 0 Å². The van der Waals surface area contributed by atoms with Crippen molar-refractivity contribution >= 4 is 6.01 Å². The Bertz CT molecular complexity index is 456. The molecule has 0 radical (unpaired) electrons. The van der Waals surface area contributed by atoms with Crippen LogP contribution in [0.2, 0.25) is 0 Å². The third-order valence-corrected chi connectivity index (χ3v) is 4.08. The van der Waals surface area contributed by atoms with E-state index in [1.165, 1.54) is 0 Å². The number of nitrogens with one attached hydrogen (secondary N) is 1. The van der Waals surface area contributed by atoms with E-state index in [4.69, 9.17) is 4.42 Å². The number of hydrogen-bond acceptors (Lipinski definition) is 4. The molecule has 0 aliphatic heterocycles. The molecule has 7 heteroatoms. The molecule has 3 rings (SSSR count). The summed E-state index contributed by atoms with van der Waals surface area (Å²) < 4.78 is 43.2. The van der Waals surface area contributed by atoms with Gasteiger partial charge in [-0.15, -0.1) is 5.10 Å². The molecule has 2 aliphatic carbocycles. The summed E-state index contributed by atoms with van der Waals surface area (Å²) in [6, 6.07) is 0.0452. The van der Waals surface area contributed by atoms with Crippen LogP contribution in [0.15, 0.2) is 4.42 Å². The topological polar surface area (TPSA) is 51.0 Å². The van der Waals surface area contributed by atoms with Gasteiger partial charge in [0.2, 0.25) is 5.89 Å². The first kappa shape index (κ1) is 13.7. The Hall–Kier alpha value is -1.27. The number of rotatable bonds is 4. The van der Waals surface area contributed by atoms with Gasteiger partial charge in [0.1, 0.15) is 0 Å². The Morgan fingerprint density at radius 3 is 2.55 bits per heavy atom. The zero-order valence-electron chi connectivity index (χ0n) is 11.1. The van der Waals surface area contributed by atoms with Crippen LogP contribution in [-0.4, -0.2) is 22.4 Å². The quantitative estimate of drug-likeness (QED) is 0.914. The smallest absolute Gasteiger partial charge is 0.389 e. The standard InChI is InChI=1S/C13H18F3N3O/c14-13(15,16)7-9-3-1-2-4-10(9)17-12-19-18-11(20-12)8-5-6-8/h8-10H,1-7H2,(H,17,19)/t9-,10-/m0/s1. The molecule has 1 N–H and O–H groups in total. The predicted octanol–water partition coefficient (Wildman–Crippen LogP) is 3.87. The van der Waals surface area contributed by atoms with Gasteiger partial charge in [-0.3, -0.25) is 0 Å². The minimum atomic E-state index is -4.12. The predicted molar refractivity (Wildman–Crippen MR) is 66.3 cm³/mol. The van der Waals surface area contributed by atoms with Gasteiger partial charge in [0, 0.05) is 18.4 Å². The first-order valence-electron chi connectivity index (χ1n) is 7.18. The van der Waals surface area contributed by atoms with Crippen LogP contribution in [0.1, 0.15) is 56.8 Å². The first-order valence-corrected chi connectivity index (χ1v) is 7.18. The summed E-state index contributed by atoms with van der Waals surface area (Å²) in [6.07, 6.45) is 0.377. The van der Waals surface area contributed by atoms with Crippen molar-refractivity contribution in [2.24, 2.45) is 5.92 Å². The fraction of sp³-hybridized carbons (Fsp3) is 0.846. The molecule has 2 saturated carbocycles. The van der Waals surface area contributed by atoms with Crippen LogP contribution in [0.25, 0.3) is 0 Å². The van der Waals surface area contributed by atoms with Crippen LogP contribution in [0, 0.1) is 5.92 Å². The average Bonchev–Trinajstić information content (AvgIpc) is 3.11. The van der Waals surface area contributed by atoms with E-state index in [-0.39, 0.29) is 12.1 Å². The summed E-state index contributed by atoms with van der Waals surface area (Å²) >= 11 is 0. The second kappa shape index (κ2) is 5.26. The largest absolute Gasteiger partial charge is 0.408 e. The molecule has 1 aromatic heterocycles. The van der Waals surface area contributed by atoms with Crippen LogP contribution < -0.4 is 5.32 Å². The molecule has 0 saturated heterocycles. The number of halogens is 3. The lowest BCUT2D eigenvalue weighted by Gasteiger charge is -2.32.